The monoisotopic (exact) mass is 309 g/mol. The Morgan fingerprint density at radius 2 is 2.00 bits per heavy atom. The van der Waals surface area contributed by atoms with E-state index in [0.717, 1.165) is 10.9 Å². The predicted octanol–water partition coefficient (Wildman–Crippen LogP) is 2.68. The highest BCUT2D eigenvalue weighted by molar-refractivity contribution is 5.95. The van der Waals surface area contributed by atoms with E-state index in [2.05, 4.69) is 10.4 Å². The Morgan fingerprint density at radius 3 is 2.78 bits per heavy atom. The van der Waals surface area contributed by atoms with Crippen LogP contribution in [-0.4, -0.2) is 26.8 Å². The van der Waals surface area contributed by atoms with Gasteiger partial charge in [-0.05, 0) is 30.7 Å². The topological polar surface area (TPSA) is 84.2 Å². The summed E-state index contributed by atoms with van der Waals surface area (Å²) in [5.41, 5.74) is 2.15. The van der Waals surface area contributed by atoms with E-state index in [0.29, 0.717) is 11.3 Å². The second-order valence-electron chi connectivity index (χ2n) is 5.24. The first-order valence-corrected chi connectivity index (χ1v) is 7.09. The summed E-state index contributed by atoms with van der Waals surface area (Å²) in [6, 6.07) is 12.4. The number of rotatable bonds is 4. The van der Waals surface area contributed by atoms with Crippen molar-refractivity contribution in [2.75, 3.05) is 5.32 Å². The second kappa shape index (κ2) is 5.92. The standard InChI is InChI=1S/C17H15N3O3/c1-11-6-7-13(8-14(11)17(22)23)19-16(21)10-20-15-5-3-2-4-12(15)9-18-20/h2-9H,10H2,1H3,(H,19,21)(H,22,23). The molecule has 0 saturated heterocycles. The van der Waals surface area contributed by atoms with E-state index in [4.69, 9.17) is 5.11 Å². The molecule has 0 radical (unpaired) electrons. The molecule has 0 unspecified atom stereocenters. The molecule has 0 atom stereocenters. The normalized spacial score (nSPS) is 10.7. The number of benzene rings is 2. The van der Waals surface area contributed by atoms with Crippen LogP contribution in [0.1, 0.15) is 15.9 Å². The third-order valence-electron chi connectivity index (χ3n) is 3.60. The molecule has 3 rings (SSSR count). The van der Waals surface area contributed by atoms with Gasteiger partial charge in [0.2, 0.25) is 5.91 Å². The Kier molecular flexibility index (Phi) is 3.80. The second-order valence-corrected chi connectivity index (χ2v) is 5.24. The van der Waals surface area contributed by atoms with Gasteiger partial charge in [0.1, 0.15) is 6.54 Å². The number of fused-ring (bicyclic) bond motifs is 1. The average Bonchev–Trinajstić information content (AvgIpc) is 2.92. The minimum atomic E-state index is -1.02. The van der Waals surface area contributed by atoms with Crippen LogP contribution in [-0.2, 0) is 11.3 Å². The van der Waals surface area contributed by atoms with Crippen LogP contribution in [0.2, 0.25) is 0 Å². The first-order chi connectivity index (χ1) is 11.0. The fraction of sp³-hybridized carbons (Fsp3) is 0.118. The maximum Gasteiger partial charge on any atom is 0.336 e. The molecule has 0 aliphatic carbocycles. The summed E-state index contributed by atoms with van der Waals surface area (Å²) < 4.78 is 1.61. The zero-order valence-corrected chi connectivity index (χ0v) is 12.5. The van der Waals surface area contributed by atoms with E-state index in [1.807, 2.05) is 24.3 Å². The lowest BCUT2D eigenvalue weighted by Crippen LogP contribution is -2.19. The molecule has 1 amide bonds. The summed E-state index contributed by atoms with van der Waals surface area (Å²) in [7, 11) is 0. The zero-order chi connectivity index (χ0) is 16.4. The number of para-hydroxylation sites is 1. The van der Waals surface area contributed by atoms with Crippen molar-refractivity contribution in [3.8, 4) is 0 Å². The number of carboxylic acid groups (broad SMARTS) is 1. The Balaban J connectivity index is 1.77. The third-order valence-corrected chi connectivity index (χ3v) is 3.60. The zero-order valence-electron chi connectivity index (χ0n) is 12.5. The van der Waals surface area contributed by atoms with Crippen molar-refractivity contribution in [1.29, 1.82) is 0 Å². The first kappa shape index (κ1) is 14.8. The highest BCUT2D eigenvalue weighted by Crippen LogP contribution is 2.16. The van der Waals surface area contributed by atoms with Crippen molar-refractivity contribution in [2.24, 2.45) is 0 Å². The summed E-state index contributed by atoms with van der Waals surface area (Å²) in [6.45, 7) is 1.77. The third kappa shape index (κ3) is 3.06. The maximum absolute atomic E-state index is 12.2. The van der Waals surface area contributed by atoms with Gasteiger partial charge in [-0.1, -0.05) is 24.3 Å². The smallest absolute Gasteiger partial charge is 0.336 e. The molecule has 23 heavy (non-hydrogen) atoms. The van der Waals surface area contributed by atoms with E-state index >= 15 is 0 Å². The van der Waals surface area contributed by atoms with Crippen LogP contribution in [0.3, 0.4) is 0 Å². The van der Waals surface area contributed by atoms with Crippen molar-refractivity contribution >= 4 is 28.5 Å². The SMILES string of the molecule is Cc1ccc(NC(=O)Cn2ncc3ccccc32)cc1C(=O)O. The number of carboxylic acids is 1. The molecule has 0 spiro atoms. The van der Waals surface area contributed by atoms with Crippen LogP contribution in [0, 0.1) is 6.92 Å². The number of aryl methyl sites for hydroxylation is 1. The quantitative estimate of drug-likeness (QED) is 0.776. The van der Waals surface area contributed by atoms with E-state index in [1.165, 1.54) is 6.07 Å². The molecule has 116 valence electrons. The molecule has 2 aromatic carbocycles. The fourth-order valence-corrected chi connectivity index (χ4v) is 2.42. The first-order valence-electron chi connectivity index (χ1n) is 7.09. The molecule has 0 aliphatic rings. The maximum atomic E-state index is 12.2. The summed E-state index contributed by atoms with van der Waals surface area (Å²) >= 11 is 0. The number of carbonyl (C=O) groups is 2. The number of hydrogen-bond donors (Lipinski definition) is 2. The Bertz CT molecular complexity index is 899. The Morgan fingerprint density at radius 1 is 1.22 bits per heavy atom. The molecule has 6 heteroatoms. The van der Waals surface area contributed by atoms with Gasteiger partial charge in [0.25, 0.3) is 0 Å². The number of anilines is 1. The van der Waals surface area contributed by atoms with Gasteiger partial charge in [0.15, 0.2) is 0 Å². The van der Waals surface area contributed by atoms with Gasteiger partial charge in [0.05, 0.1) is 17.3 Å². The van der Waals surface area contributed by atoms with Gasteiger partial charge in [-0.15, -0.1) is 0 Å². The highest BCUT2D eigenvalue weighted by Gasteiger charge is 2.11. The number of amides is 1. The molecular formula is C17H15N3O3. The number of nitrogens with zero attached hydrogens (tertiary/aromatic N) is 2. The van der Waals surface area contributed by atoms with Gasteiger partial charge >= 0.3 is 5.97 Å². The summed E-state index contributed by atoms with van der Waals surface area (Å²) in [5.74, 6) is -1.28. The van der Waals surface area contributed by atoms with Gasteiger partial charge in [-0.3, -0.25) is 9.48 Å². The Hall–Kier alpha value is -3.15. The largest absolute Gasteiger partial charge is 0.478 e. The molecule has 2 N–H and O–H groups in total. The molecule has 0 bridgehead atoms. The van der Waals surface area contributed by atoms with Gasteiger partial charge in [0, 0.05) is 11.1 Å². The number of aromatic nitrogens is 2. The lowest BCUT2D eigenvalue weighted by Gasteiger charge is -2.08. The van der Waals surface area contributed by atoms with E-state index in [1.54, 1.807) is 29.9 Å². The lowest BCUT2D eigenvalue weighted by atomic mass is 10.1. The Labute approximate surface area is 132 Å². The van der Waals surface area contributed by atoms with E-state index < -0.39 is 5.97 Å². The molecule has 0 aliphatic heterocycles. The van der Waals surface area contributed by atoms with Crippen molar-refractivity contribution in [2.45, 2.75) is 13.5 Å². The van der Waals surface area contributed by atoms with Crippen LogP contribution in [0.5, 0.6) is 0 Å². The molecule has 6 nitrogen and oxygen atoms in total. The van der Waals surface area contributed by atoms with Crippen LogP contribution in [0.15, 0.2) is 48.7 Å². The number of nitrogens with one attached hydrogen (secondary N) is 1. The van der Waals surface area contributed by atoms with E-state index in [9.17, 15) is 9.59 Å². The fourth-order valence-electron chi connectivity index (χ4n) is 2.42. The molecule has 0 saturated carbocycles. The summed E-state index contributed by atoms with van der Waals surface area (Å²) in [5, 5.41) is 17.0. The van der Waals surface area contributed by atoms with E-state index in [-0.39, 0.29) is 18.0 Å². The number of aromatic carboxylic acids is 1. The molecule has 3 aromatic rings. The van der Waals surface area contributed by atoms with Crippen LogP contribution in [0.4, 0.5) is 5.69 Å². The molecule has 1 heterocycles. The minimum Gasteiger partial charge on any atom is -0.478 e. The molecule has 1 aromatic heterocycles. The van der Waals surface area contributed by atoms with Crippen molar-refractivity contribution in [3.63, 3.8) is 0 Å². The predicted molar refractivity (Wildman–Crippen MR) is 86.5 cm³/mol. The average molecular weight is 309 g/mol. The minimum absolute atomic E-state index is 0.0593. The van der Waals surface area contributed by atoms with Crippen molar-refractivity contribution in [3.05, 3.63) is 59.8 Å². The highest BCUT2D eigenvalue weighted by atomic mass is 16.4. The molecular weight excluding hydrogens is 294 g/mol. The van der Waals surface area contributed by atoms with Gasteiger partial charge in [-0.2, -0.15) is 5.10 Å². The molecule has 0 fully saturated rings. The van der Waals surface area contributed by atoms with Crippen LogP contribution >= 0.6 is 0 Å². The number of hydrogen-bond acceptors (Lipinski definition) is 3. The summed E-state index contributed by atoms with van der Waals surface area (Å²) in [6.07, 6.45) is 1.71. The van der Waals surface area contributed by atoms with Gasteiger partial charge < -0.3 is 10.4 Å². The van der Waals surface area contributed by atoms with Crippen molar-refractivity contribution < 1.29 is 14.7 Å². The lowest BCUT2D eigenvalue weighted by molar-refractivity contribution is -0.116. The summed E-state index contributed by atoms with van der Waals surface area (Å²) in [4.78, 5) is 23.3. The van der Waals surface area contributed by atoms with Crippen LogP contribution < -0.4 is 5.32 Å². The number of carbonyl (C=O) groups excluding carboxylic acids is 1. The van der Waals surface area contributed by atoms with Crippen LogP contribution in [0.25, 0.3) is 10.9 Å². The van der Waals surface area contributed by atoms with Crippen molar-refractivity contribution in [1.82, 2.24) is 9.78 Å². The van der Waals surface area contributed by atoms with Gasteiger partial charge in [-0.25, -0.2) is 4.79 Å².